The Balaban J connectivity index is 1.47. The molecule has 3 aromatic rings. The molecule has 0 aliphatic rings. The molecule has 0 saturated carbocycles. The van der Waals surface area contributed by atoms with Gasteiger partial charge in [-0.1, -0.05) is 23.7 Å². The van der Waals surface area contributed by atoms with Crippen molar-refractivity contribution in [2.45, 2.75) is 6.42 Å². The van der Waals surface area contributed by atoms with Crippen LogP contribution in [0.25, 0.3) is 0 Å². The lowest BCUT2D eigenvalue weighted by Gasteiger charge is -2.13. The number of carbonyl (C=O) groups is 1. The number of aromatic carboxylic acids is 1. The molecule has 5 nitrogen and oxygen atoms in total. The Morgan fingerprint density at radius 1 is 0.929 bits per heavy atom. The molecule has 0 saturated heterocycles. The molecule has 0 amide bonds. The van der Waals surface area contributed by atoms with Crippen LogP contribution in [0.4, 0.5) is 5.69 Å². The van der Waals surface area contributed by atoms with Crippen LogP contribution in [-0.4, -0.2) is 24.2 Å². The number of ether oxygens (including phenoxy) is 2. The van der Waals surface area contributed by atoms with Crippen LogP contribution in [0.5, 0.6) is 17.2 Å². The molecule has 2 N–H and O–H groups in total. The first kappa shape index (κ1) is 19.6. The topological polar surface area (TPSA) is 67.8 Å². The molecule has 3 aromatic carbocycles. The van der Waals surface area contributed by atoms with E-state index in [0.717, 1.165) is 17.9 Å². The zero-order valence-electron chi connectivity index (χ0n) is 15.1. The van der Waals surface area contributed by atoms with E-state index in [1.807, 2.05) is 36.4 Å². The van der Waals surface area contributed by atoms with Gasteiger partial charge in [0.1, 0.15) is 11.5 Å². The number of para-hydroxylation sites is 2. The summed E-state index contributed by atoms with van der Waals surface area (Å²) in [7, 11) is 0. The molecule has 0 spiro atoms. The minimum Gasteiger partial charge on any atom is -0.494 e. The van der Waals surface area contributed by atoms with Gasteiger partial charge >= 0.3 is 5.97 Å². The molecule has 0 aliphatic heterocycles. The van der Waals surface area contributed by atoms with Crippen LogP contribution >= 0.6 is 11.6 Å². The van der Waals surface area contributed by atoms with Crippen LogP contribution in [0.15, 0.2) is 72.8 Å². The van der Waals surface area contributed by atoms with Crippen molar-refractivity contribution in [2.75, 3.05) is 18.5 Å². The highest BCUT2D eigenvalue weighted by atomic mass is 35.5. The van der Waals surface area contributed by atoms with Crippen LogP contribution in [0, 0.1) is 0 Å². The molecule has 144 valence electrons. The van der Waals surface area contributed by atoms with E-state index in [4.69, 9.17) is 26.2 Å². The first-order valence-corrected chi connectivity index (χ1v) is 9.22. The van der Waals surface area contributed by atoms with Gasteiger partial charge in [0.25, 0.3) is 0 Å². The second-order valence-electron chi connectivity index (χ2n) is 6.01. The summed E-state index contributed by atoms with van der Waals surface area (Å²) in [5.41, 5.74) is 1.13. The van der Waals surface area contributed by atoms with E-state index in [2.05, 4.69) is 5.32 Å². The standard InChI is InChI=1S/C22H20ClNO4/c23-17-8-12-19(13-9-17)28-21-5-2-1-4-20(21)24-14-3-15-27-18-10-6-16(7-11-18)22(25)26/h1-2,4-13,24H,3,14-15H2,(H,25,26). The lowest BCUT2D eigenvalue weighted by molar-refractivity contribution is 0.0697. The Morgan fingerprint density at radius 3 is 2.32 bits per heavy atom. The number of hydrogen-bond acceptors (Lipinski definition) is 4. The zero-order chi connectivity index (χ0) is 19.8. The summed E-state index contributed by atoms with van der Waals surface area (Å²) in [6.45, 7) is 1.22. The molecular weight excluding hydrogens is 378 g/mol. The molecule has 0 aromatic heterocycles. The summed E-state index contributed by atoms with van der Waals surface area (Å²) < 4.78 is 11.6. The number of hydrogen-bond donors (Lipinski definition) is 2. The first-order valence-electron chi connectivity index (χ1n) is 8.84. The quantitative estimate of drug-likeness (QED) is 0.452. The van der Waals surface area contributed by atoms with Crippen molar-refractivity contribution in [3.8, 4) is 17.2 Å². The van der Waals surface area contributed by atoms with E-state index < -0.39 is 5.97 Å². The molecule has 0 unspecified atom stereocenters. The second kappa shape index (κ2) is 9.67. The molecule has 3 rings (SSSR count). The van der Waals surface area contributed by atoms with Crippen molar-refractivity contribution in [1.29, 1.82) is 0 Å². The lowest BCUT2D eigenvalue weighted by Crippen LogP contribution is -2.08. The van der Waals surface area contributed by atoms with Gasteiger partial charge in [-0.3, -0.25) is 0 Å². The van der Waals surface area contributed by atoms with Gasteiger partial charge in [-0.15, -0.1) is 0 Å². The van der Waals surface area contributed by atoms with Gasteiger partial charge in [-0.05, 0) is 67.1 Å². The Morgan fingerprint density at radius 2 is 1.61 bits per heavy atom. The van der Waals surface area contributed by atoms with Gasteiger partial charge in [0.05, 0.1) is 17.9 Å². The molecule has 0 radical (unpaired) electrons. The fourth-order valence-corrected chi connectivity index (χ4v) is 2.64. The third-order valence-electron chi connectivity index (χ3n) is 3.94. The highest BCUT2D eigenvalue weighted by Gasteiger charge is 2.05. The van der Waals surface area contributed by atoms with Crippen LogP contribution in [-0.2, 0) is 0 Å². The smallest absolute Gasteiger partial charge is 0.335 e. The summed E-state index contributed by atoms with van der Waals surface area (Å²) in [4.78, 5) is 10.8. The Kier molecular flexibility index (Phi) is 6.76. The second-order valence-corrected chi connectivity index (χ2v) is 6.45. The van der Waals surface area contributed by atoms with Crippen molar-refractivity contribution >= 4 is 23.3 Å². The van der Waals surface area contributed by atoms with Crippen molar-refractivity contribution in [2.24, 2.45) is 0 Å². The summed E-state index contributed by atoms with van der Waals surface area (Å²) in [6, 6.07) is 21.3. The van der Waals surface area contributed by atoms with Crippen molar-refractivity contribution in [3.63, 3.8) is 0 Å². The van der Waals surface area contributed by atoms with Crippen LogP contribution in [0.1, 0.15) is 16.8 Å². The van der Waals surface area contributed by atoms with Gasteiger partial charge < -0.3 is 19.9 Å². The largest absolute Gasteiger partial charge is 0.494 e. The summed E-state index contributed by atoms with van der Waals surface area (Å²) >= 11 is 5.90. The average Bonchev–Trinajstić information content (AvgIpc) is 2.71. The predicted molar refractivity (Wildman–Crippen MR) is 110 cm³/mol. The van der Waals surface area contributed by atoms with Crippen molar-refractivity contribution in [1.82, 2.24) is 0 Å². The molecule has 0 heterocycles. The number of halogens is 1. The SMILES string of the molecule is O=C(O)c1ccc(OCCCNc2ccccc2Oc2ccc(Cl)cc2)cc1. The Bertz CT molecular complexity index is 911. The van der Waals surface area contributed by atoms with Gasteiger partial charge in [-0.25, -0.2) is 4.79 Å². The lowest BCUT2D eigenvalue weighted by atomic mass is 10.2. The number of benzene rings is 3. The van der Waals surface area contributed by atoms with Gasteiger partial charge in [0.15, 0.2) is 5.75 Å². The normalized spacial score (nSPS) is 10.3. The third kappa shape index (κ3) is 5.66. The number of carboxylic acid groups (broad SMARTS) is 1. The highest BCUT2D eigenvalue weighted by molar-refractivity contribution is 6.30. The molecular formula is C22H20ClNO4. The number of carboxylic acids is 1. The number of anilines is 1. The molecule has 0 bridgehead atoms. The van der Waals surface area contributed by atoms with Crippen LogP contribution in [0.2, 0.25) is 5.02 Å². The first-order chi connectivity index (χ1) is 13.6. The minimum atomic E-state index is -0.949. The Hall–Kier alpha value is -3.18. The van der Waals surface area contributed by atoms with E-state index in [-0.39, 0.29) is 5.56 Å². The van der Waals surface area contributed by atoms with Gasteiger partial charge in [-0.2, -0.15) is 0 Å². The zero-order valence-corrected chi connectivity index (χ0v) is 15.9. The fourth-order valence-electron chi connectivity index (χ4n) is 2.51. The van der Waals surface area contributed by atoms with E-state index in [1.165, 1.54) is 12.1 Å². The van der Waals surface area contributed by atoms with Crippen LogP contribution < -0.4 is 14.8 Å². The Labute approximate surface area is 168 Å². The molecule has 0 fully saturated rings. The number of nitrogens with one attached hydrogen (secondary N) is 1. The maximum Gasteiger partial charge on any atom is 0.335 e. The highest BCUT2D eigenvalue weighted by Crippen LogP contribution is 2.29. The van der Waals surface area contributed by atoms with Crippen LogP contribution in [0.3, 0.4) is 0 Å². The monoisotopic (exact) mass is 397 g/mol. The van der Waals surface area contributed by atoms with E-state index in [1.54, 1.807) is 24.3 Å². The van der Waals surface area contributed by atoms with Crippen molar-refractivity contribution in [3.05, 3.63) is 83.4 Å². The van der Waals surface area contributed by atoms with E-state index in [0.29, 0.717) is 29.7 Å². The van der Waals surface area contributed by atoms with E-state index in [9.17, 15) is 4.79 Å². The van der Waals surface area contributed by atoms with Gasteiger partial charge in [0.2, 0.25) is 0 Å². The fraction of sp³-hybridized carbons (Fsp3) is 0.136. The van der Waals surface area contributed by atoms with Gasteiger partial charge in [0, 0.05) is 11.6 Å². The van der Waals surface area contributed by atoms with E-state index >= 15 is 0 Å². The summed E-state index contributed by atoms with van der Waals surface area (Å²) in [5.74, 6) is 1.15. The maximum atomic E-state index is 10.8. The average molecular weight is 398 g/mol. The molecule has 6 heteroatoms. The minimum absolute atomic E-state index is 0.242. The summed E-state index contributed by atoms with van der Waals surface area (Å²) in [5, 5.41) is 12.9. The third-order valence-corrected chi connectivity index (χ3v) is 4.19. The summed E-state index contributed by atoms with van der Waals surface area (Å²) in [6.07, 6.45) is 0.774. The molecule has 0 aliphatic carbocycles. The number of rotatable bonds is 9. The van der Waals surface area contributed by atoms with Crippen molar-refractivity contribution < 1.29 is 19.4 Å². The predicted octanol–water partition coefficient (Wildman–Crippen LogP) is 5.71. The molecule has 0 atom stereocenters. The molecule has 28 heavy (non-hydrogen) atoms. The maximum absolute atomic E-state index is 10.8.